The van der Waals surface area contributed by atoms with Crippen LogP contribution >= 0.6 is 12.4 Å². The number of carbonyl (C=O) groups is 2. The lowest BCUT2D eigenvalue weighted by atomic mass is 10.2. The third kappa shape index (κ3) is 7.18. The summed E-state index contributed by atoms with van der Waals surface area (Å²) in [7, 11) is 0. The number of amides is 2. The molecule has 6 heteroatoms. The molecule has 1 rings (SSSR count). The third-order valence-corrected chi connectivity index (χ3v) is 2.64. The van der Waals surface area contributed by atoms with Gasteiger partial charge < -0.3 is 16.4 Å². The Labute approximate surface area is 108 Å². The van der Waals surface area contributed by atoms with Crippen LogP contribution in [0.2, 0.25) is 0 Å². The van der Waals surface area contributed by atoms with E-state index in [0.717, 1.165) is 13.0 Å². The van der Waals surface area contributed by atoms with E-state index >= 15 is 0 Å². The molecule has 0 aromatic heterocycles. The van der Waals surface area contributed by atoms with E-state index in [9.17, 15) is 9.59 Å². The van der Waals surface area contributed by atoms with Gasteiger partial charge >= 0.3 is 0 Å². The molecule has 1 saturated carbocycles. The molecule has 0 heterocycles. The Balaban J connectivity index is 0.00000256. The maximum Gasteiger partial charge on any atom is 0.239 e. The molecule has 1 aliphatic rings. The lowest BCUT2D eigenvalue weighted by molar-refractivity contribution is -0.126. The Morgan fingerprint density at radius 3 is 2.53 bits per heavy atom. The zero-order chi connectivity index (χ0) is 12.0. The molecule has 17 heavy (non-hydrogen) atoms. The molecule has 0 bridgehead atoms. The summed E-state index contributed by atoms with van der Waals surface area (Å²) < 4.78 is 0. The summed E-state index contributed by atoms with van der Waals surface area (Å²) in [4.78, 5) is 22.7. The van der Waals surface area contributed by atoms with E-state index < -0.39 is 6.04 Å². The van der Waals surface area contributed by atoms with Crippen LogP contribution in [0.5, 0.6) is 0 Å². The first kappa shape index (κ1) is 16.2. The monoisotopic (exact) mass is 263 g/mol. The van der Waals surface area contributed by atoms with Gasteiger partial charge in [-0.1, -0.05) is 13.3 Å². The van der Waals surface area contributed by atoms with Gasteiger partial charge in [-0.15, -0.1) is 12.4 Å². The lowest BCUT2D eigenvalue weighted by Gasteiger charge is -2.11. The van der Waals surface area contributed by atoms with Gasteiger partial charge in [0.2, 0.25) is 11.8 Å². The van der Waals surface area contributed by atoms with Crippen LogP contribution in [0.4, 0.5) is 0 Å². The Hall–Kier alpha value is -0.810. The molecule has 0 aromatic carbocycles. The first-order valence-corrected chi connectivity index (χ1v) is 5.93. The predicted octanol–water partition coefficient (Wildman–Crippen LogP) is 0.178. The maximum absolute atomic E-state index is 11.4. The average molecular weight is 264 g/mol. The molecule has 0 radical (unpaired) electrons. The minimum absolute atomic E-state index is 0. The normalized spacial score (nSPS) is 15.6. The highest BCUT2D eigenvalue weighted by molar-refractivity contribution is 5.87. The van der Waals surface area contributed by atoms with Gasteiger partial charge in [-0.25, -0.2) is 0 Å². The van der Waals surface area contributed by atoms with Crippen molar-refractivity contribution in [2.75, 3.05) is 13.1 Å². The number of rotatable bonds is 7. The van der Waals surface area contributed by atoms with Crippen molar-refractivity contribution in [1.29, 1.82) is 0 Å². The van der Waals surface area contributed by atoms with Crippen molar-refractivity contribution in [2.24, 2.45) is 11.7 Å². The summed E-state index contributed by atoms with van der Waals surface area (Å²) in [5, 5.41) is 5.31. The molecule has 1 aliphatic carbocycles. The summed E-state index contributed by atoms with van der Waals surface area (Å²) in [5.74, 6) is 0.273. The second-order valence-electron chi connectivity index (χ2n) is 4.36. The van der Waals surface area contributed by atoms with Gasteiger partial charge in [0.15, 0.2) is 0 Å². The fourth-order valence-electron chi connectivity index (χ4n) is 1.38. The largest absolute Gasteiger partial charge is 0.354 e. The van der Waals surface area contributed by atoms with Crippen LogP contribution in [0, 0.1) is 5.92 Å². The molecule has 4 N–H and O–H groups in total. The summed E-state index contributed by atoms with van der Waals surface area (Å²) in [6.07, 6.45) is 3.92. The van der Waals surface area contributed by atoms with Crippen molar-refractivity contribution >= 4 is 24.2 Å². The van der Waals surface area contributed by atoms with Crippen molar-refractivity contribution in [2.45, 2.75) is 38.6 Å². The van der Waals surface area contributed by atoms with Crippen molar-refractivity contribution < 1.29 is 9.59 Å². The first-order valence-electron chi connectivity index (χ1n) is 5.93. The molecule has 5 nitrogen and oxygen atoms in total. The van der Waals surface area contributed by atoms with Crippen LogP contribution in [0.15, 0.2) is 0 Å². The van der Waals surface area contributed by atoms with Crippen molar-refractivity contribution in [3.63, 3.8) is 0 Å². The highest BCUT2D eigenvalue weighted by Gasteiger charge is 2.21. The van der Waals surface area contributed by atoms with Crippen molar-refractivity contribution in [3.05, 3.63) is 0 Å². The number of hydrogen-bond acceptors (Lipinski definition) is 3. The number of nitrogens with one attached hydrogen (secondary N) is 2. The second-order valence-corrected chi connectivity index (χ2v) is 4.36. The summed E-state index contributed by atoms with van der Waals surface area (Å²) in [6, 6.07) is -0.499. The minimum Gasteiger partial charge on any atom is -0.354 e. The Morgan fingerprint density at radius 1 is 1.35 bits per heavy atom. The average Bonchev–Trinajstić information content (AvgIpc) is 3.07. The number of nitrogens with two attached hydrogens (primary N) is 1. The molecule has 2 amide bonds. The third-order valence-electron chi connectivity index (χ3n) is 2.64. The van der Waals surface area contributed by atoms with Crippen molar-refractivity contribution in [3.8, 4) is 0 Å². The first-order chi connectivity index (χ1) is 7.63. The molecule has 1 unspecified atom stereocenters. The Kier molecular flexibility index (Phi) is 7.91. The van der Waals surface area contributed by atoms with Gasteiger partial charge in [0.05, 0.1) is 12.6 Å². The fraction of sp³-hybridized carbons (Fsp3) is 0.818. The molecule has 0 spiro atoms. The fourth-order valence-corrected chi connectivity index (χ4v) is 1.38. The number of hydrogen-bond donors (Lipinski definition) is 3. The smallest absolute Gasteiger partial charge is 0.239 e. The van der Waals surface area contributed by atoms with Gasteiger partial charge in [-0.05, 0) is 25.2 Å². The Bertz CT molecular complexity index is 257. The predicted molar refractivity (Wildman–Crippen MR) is 68.9 cm³/mol. The molecular formula is C11H22ClN3O2. The van der Waals surface area contributed by atoms with Crippen LogP contribution < -0.4 is 16.4 Å². The zero-order valence-electron chi connectivity index (χ0n) is 10.2. The zero-order valence-corrected chi connectivity index (χ0v) is 11.0. The Morgan fingerprint density at radius 2 is 2.00 bits per heavy atom. The van der Waals surface area contributed by atoms with Crippen LogP contribution in [-0.4, -0.2) is 30.9 Å². The van der Waals surface area contributed by atoms with Crippen LogP contribution in [0.1, 0.15) is 32.6 Å². The van der Waals surface area contributed by atoms with Crippen LogP contribution in [0.3, 0.4) is 0 Å². The molecule has 0 saturated heterocycles. The molecule has 0 aromatic rings. The van der Waals surface area contributed by atoms with Crippen LogP contribution in [0.25, 0.3) is 0 Å². The van der Waals surface area contributed by atoms with E-state index in [1.54, 1.807) is 0 Å². The highest BCUT2D eigenvalue weighted by Crippen LogP contribution is 2.27. The van der Waals surface area contributed by atoms with E-state index in [1.165, 1.54) is 12.8 Å². The highest BCUT2D eigenvalue weighted by atomic mass is 35.5. The van der Waals surface area contributed by atoms with Gasteiger partial charge in [0.1, 0.15) is 0 Å². The van der Waals surface area contributed by atoms with Crippen molar-refractivity contribution in [1.82, 2.24) is 10.6 Å². The number of carbonyl (C=O) groups excluding carboxylic acids is 2. The molecule has 1 fully saturated rings. The van der Waals surface area contributed by atoms with E-state index in [0.29, 0.717) is 12.3 Å². The summed E-state index contributed by atoms with van der Waals surface area (Å²) in [6.45, 7) is 2.73. The van der Waals surface area contributed by atoms with E-state index in [2.05, 4.69) is 10.6 Å². The molecule has 1 atom stereocenters. The maximum atomic E-state index is 11.4. The van der Waals surface area contributed by atoms with Gasteiger partial charge in [0.25, 0.3) is 0 Å². The minimum atomic E-state index is -0.499. The van der Waals surface area contributed by atoms with Crippen LogP contribution in [-0.2, 0) is 9.59 Å². The molecule has 100 valence electrons. The SMILES string of the molecule is CCCC(N)C(=O)NCC(=O)NCC1CC1.Cl. The molecular weight excluding hydrogens is 242 g/mol. The van der Waals surface area contributed by atoms with Gasteiger partial charge in [-0.3, -0.25) is 9.59 Å². The number of halogens is 1. The summed E-state index contributed by atoms with van der Waals surface area (Å²) >= 11 is 0. The van der Waals surface area contributed by atoms with Gasteiger partial charge in [-0.2, -0.15) is 0 Å². The summed E-state index contributed by atoms with van der Waals surface area (Å²) in [5.41, 5.74) is 5.60. The van der Waals surface area contributed by atoms with E-state index in [-0.39, 0.29) is 30.8 Å². The van der Waals surface area contributed by atoms with E-state index in [4.69, 9.17) is 5.73 Å². The van der Waals surface area contributed by atoms with Gasteiger partial charge in [0, 0.05) is 6.54 Å². The standard InChI is InChI=1S/C11H21N3O2.ClH/c1-2-3-9(12)11(16)14-7-10(15)13-6-8-4-5-8;/h8-9H,2-7,12H2,1H3,(H,13,15)(H,14,16);1H. The quantitative estimate of drug-likeness (QED) is 0.613. The lowest BCUT2D eigenvalue weighted by Crippen LogP contribution is -2.45. The second kappa shape index (κ2) is 8.31. The van der Waals surface area contributed by atoms with E-state index in [1.807, 2.05) is 6.92 Å². The molecule has 0 aliphatic heterocycles. The topological polar surface area (TPSA) is 84.2 Å².